The first kappa shape index (κ1) is 18.1. The van der Waals surface area contributed by atoms with E-state index in [1.54, 1.807) is 0 Å². The fourth-order valence-corrected chi connectivity index (χ4v) is 2.12. The van der Waals surface area contributed by atoms with Crippen LogP contribution in [0.25, 0.3) is 0 Å². The predicted molar refractivity (Wildman–Crippen MR) is 83.7 cm³/mol. The maximum Gasteiger partial charge on any atom is 0.253 e. The molecule has 0 atom stereocenters. The minimum Gasteiger partial charge on any atom is -0.343 e. The summed E-state index contributed by atoms with van der Waals surface area (Å²) in [5, 5.41) is 4.67. The summed E-state index contributed by atoms with van der Waals surface area (Å²) in [6, 6.07) is 5.74. The summed E-state index contributed by atoms with van der Waals surface area (Å²) < 4.78 is 39.3. The number of carbonyl (C=O) groups is 2. The van der Waals surface area contributed by atoms with Crippen LogP contribution in [0.1, 0.15) is 10.4 Å². The Bertz CT molecular complexity index is 816. The molecule has 0 spiro atoms. The van der Waals surface area contributed by atoms with E-state index in [1.807, 2.05) is 5.32 Å². The van der Waals surface area contributed by atoms with E-state index in [9.17, 15) is 22.8 Å². The van der Waals surface area contributed by atoms with Gasteiger partial charge in [-0.3, -0.25) is 9.59 Å². The van der Waals surface area contributed by atoms with Gasteiger partial charge in [-0.15, -0.1) is 0 Å². The molecule has 0 heterocycles. The first-order chi connectivity index (χ1) is 11.3. The Hall–Kier alpha value is -2.25. The van der Waals surface area contributed by atoms with E-state index in [-0.39, 0.29) is 15.6 Å². The summed E-state index contributed by atoms with van der Waals surface area (Å²) in [5.74, 6) is -6.14. The van der Waals surface area contributed by atoms with Crippen LogP contribution in [0.15, 0.2) is 30.3 Å². The zero-order valence-electron chi connectivity index (χ0n) is 11.8. The second kappa shape index (κ2) is 7.55. The van der Waals surface area contributed by atoms with Gasteiger partial charge in [-0.05, 0) is 30.3 Å². The lowest BCUT2D eigenvalue weighted by molar-refractivity contribution is -0.115. The Labute approximate surface area is 144 Å². The number of benzene rings is 2. The molecule has 2 amide bonds. The van der Waals surface area contributed by atoms with Crippen molar-refractivity contribution in [3.05, 3.63) is 63.4 Å². The second-order valence-corrected chi connectivity index (χ2v) is 5.42. The van der Waals surface area contributed by atoms with E-state index in [0.29, 0.717) is 6.07 Å². The predicted octanol–water partition coefficient (Wildman–Crippen LogP) is 3.78. The van der Waals surface area contributed by atoms with Crippen LogP contribution in [0.4, 0.5) is 18.9 Å². The van der Waals surface area contributed by atoms with Crippen molar-refractivity contribution in [1.82, 2.24) is 5.32 Å². The Morgan fingerprint density at radius 2 is 1.71 bits per heavy atom. The molecule has 2 N–H and O–H groups in total. The average Bonchev–Trinajstić information content (AvgIpc) is 2.55. The number of amides is 2. The second-order valence-electron chi connectivity index (χ2n) is 4.58. The van der Waals surface area contributed by atoms with Gasteiger partial charge in [0.1, 0.15) is 0 Å². The number of halogens is 5. The fourth-order valence-electron chi connectivity index (χ4n) is 1.74. The SMILES string of the molecule is O=C(CNC(=O)c1cc(Cl)ccc1Cl)Nc1ccc(F)c(F)c1F. The van der Waals surface area contributed by atoms with Crippen LogP contribution < -0.4 is 10.6 Å². The summed E-state index contributed by atoms with van der Waals surface area (Å²) in [7, 11) is 0. The van der Waals surface area contributed by atoms with Crippen LogP contribution in [-0.4, -0.2) is 18.4 Å². The molecule has 0 fully saturated rings. The molecule has 0 aromatic heterocycles. The van der Waals surface area contributed by atoms with Crippen molar-refractivity contribution < 1.29 is 22.8 Å². The molecule has 9 heteroatoms. The molecule has 24 heavy (non-hydrogen) atoms. The summed E-state index contributed by atoms with van der Waals surface area (Å²) in [6.07, 6.45) is 0. The molecule has 0 saturated heterocycles. The Kier molecular flexibility index (Phi) is 5.69. The normalized spacial score (nSPS) is 10.4. The molecular weight excluding hydrogens is 368 g/mol. The number of carbonyl (C=O) groups excluding carboxylic acids is 2. The quantitative estimate of drug-likeness (QED) is 0.797. The van der Waals surface area contributed by atoms with Gasteiger partial charge in [-0.25, -0.2) is 13.2 Å². The van der Waals surface area contributed by atoms with Crippen LogP contribution >= 0.6 is 23.2 Å². The van der Waals surface area contributed by atoms with Crippen LogP contribution in [0.3, 0.4) is 0 Å². The van der Waals surface area contributed by atoms with Crippen molar-refractivity contribution in [1.29, 1.82) is 0 Å². The van der Waals surface area contributed by atoms with Crippen molar-refractivity contribution in [3.8, 4) is 0 Å². The molecule has 0 unspecified atom stereocenters. The van der Waals surface area contributed by atoms with Crippen LogP contribution in [0.2, 0.25) is 10.0 Å². The molecule has 126 valence electrons. The van der Waals surface area contributed by atoms with Crippen molar-refractivity contribution in [3.63, 3.8) is 0 Å². The summed E-state index contributed by atoms with van der Waals surface area (Å²) in [5.41, 5.74) is -0.495. The van der Waals surface area contributed by atoms with Crippen LogP contribution in [-0.2, 0) is 4.79 Å². The van der Waals surface area contributed by atoms with E-state index in [4.69, 9.17) is 23.2 Å². The molecule has 4 nitrogen and oxygen atoms in total. The monoisotopic (exact) mass is 376 g/mol. The topological polar surface area (TPSA) is 58.2 Å². The zero-order chi connectivity index (χ0) is 17.9. The number of anilines is 1. The van der Waals surface area contributed by atoms with E-state index < -0.39 is 41.5 Å². The molecule has 0 saturated carbocycles. The van der Waals surface area contributed by atoms with Crippen molar-refractivity contribution in [2.45, 2.75) is 0 Å². The molecule has 0 aliphatic heterocycles. The van der Waals surface area contributed by atoms with Crippen LogP contribution in [0.5, 0.6) is 0 Å². The van der Waals surface area contributed by atoms with Gasteiger partial charge in [0.2, 0.25) is 5.91 Å². The standard InChI is InChI=1S/C15H9Cl2F3N2O2/c16-7-1-2-9(17)8(5-7)15(24)21-6-12(23)22-11-4-3-10(18)13(19)14(11)20/h1-5H,6H2,(H,21,24)(H,22,23). The largest absolute Gasteiger partial charge is 0.343 e. The highest BCUT2D eigenvalue weighted by Gasteiger charge is 2.16. The highest BCUT2D eigenvalue weighted by molar-refractivity contribution is 6.35. The van der Waals surface area contributed by atoms with E-state index in [1.165, 1.54) is 18.2 Å². The highest BCUT2D eigenvalue weighted by atomic mass is 35.5. The number of hydrogen-bond donors (Lipinski definition) is 2. The third-order valence-electron chi connectivity index (χ3n) is 2.89. The van der Waals surface area contributed by atoms with Crippen LogP contribution in [0, 0.1) is 17.5 Å². The molecule has 0 radical (unpaired) electrons. The smallest absolute Gasteiger partial charge is 0.253 e. The third kappa shape index (κ3) is 4.18. The van der Waals surface area contributed by atoms with Crippen molar-refractivity contribution in [2.75, 3.05) is 11.9 Å². The van der Waals surface area contributed by atoms with Gasteiger partial charge in [-0.2, -0.15) is 0 Å². The molecule has 2 aromatic rings. The first-order valence-corrected chi connectivity index (χ1v) is 7.21. The maximum absolute atomic E-state index is 13.4. The molecule has 0 aliphatic rings. The lowest BCUT2D eigenvalue weighted by Crippen LogP contribution is -2.33. The average molecular weight is 377 g/mol. The number of hydrogen-bond acceptors (Lipinski definition) is 2. The molecule has 2 rings (SSSR count). The minimum absolute atomic E-state index is 0.0518. The number of rotatable bonds is 4. The van der Waals surface area contributed by atoms with E-state index in [0.717, 1.165) is 6.07 Å². The van der Waals surface area contributed by atoms with Crippen molar-refractivity contribution in [2.24, 2.45) is 0 Å². The molecule has 2 aromatic carbocycles. The van der Waals surface area contributed by atoms with E-state index in [2.05, 4.69) is 5.32 Å². The highest BCUT2D eigenvalue weighted by Crippen LogP contribution is 2.21. The van der Waals surface area contributed by atoms with Crippen molar-refractivity contribution >= 4 is 40.7 Å². The minimum atomic E-state index is -1.71. The summed E-state index contributed by atoms with van der Waals surface area (Å²) >= 11 is 11.6. The maximum atomic E-state index is 13.4. The van der Waals surface area contributed by atoms with E-state index >= 15 is 0 Å². The fraction of sp³-hybridized carbons (Fsp3) is 0.0667. The number of nitrogens with one attached hydrogen (secondary N) is 2. The first-order valence-electron chi connectivity index (χ1n) is 6.46. The zero-order valence-corrected chi connectivity index (χ0v) is 13.3. The third-order valence-corrected chi connectivity index (χ3v) is 3.46. The Balaban J connectivity index is 2.00. The molecule has 0 aliphatic carbocycles. The Morgan fingerprint density at radius 1 is 1.00 bits per heavy atom. The summed E-state index contributed by atoms with van der Waals surface area (Å²) in [6.45, 7) is -0.542. The van der Waals surface area contributed by atoms with Gasteiger partial charge in [0.25, 0.3) is 5.91 Å². The Morgan fingerprint density at radius 3 is 2.42 bits per heavy atom. The van der Waals surface area contributed by atoms with Gasteiger partial charge in [0, 0.05) is 5.02 Å². The lowest BCUT2D eigenvalue weighted by atomic mass is 10.2. The van der Waals surface area contributed by atoms with Gasteiger partial charge in [-0.1, -0.05) is 23.2 Å². The summed E-state index contributed by atoms with van der Waals surface area (Å²) in [4.78, 5) is 23.6. The van der Waals surface area contributed by atoms with Gasteiger partial charge in [0.15, 0.2) is 17.5 Å². The van der Waals surface area contributed by atoms with Gasteiger partial charge < -0.3 is 10.6 Å². The lowest BCUT2D eigenvalue weighted by Gasteiger charge is -2.09. The molecule has 0 bridgehead atoms. The van der Waals surface area contributed by atoms with Gasteiger partial charge >= 0.3 is 0 Å². The van der Waals surface area contributed by atoms with Gasteiger partial charge in [0.05, 0.1) is 22.8 Å². The molecular formula is C15H9Cl2F3N2O2.